The lowest BCUT2D eigenvalue weighted by Gasteiger charge is -2.43. The van der Waals surface area contributed by atoms with Crippen molar-refractivity contribution in [1.29, 1.82) is 0 Å². The molecule has 4 aliphatic heterocycles. The van der Waals surface area contributed by atoms with Crippen LogP contribution in [0, 0.1) is 24.7 Å². The molecule has 2 fully saturated rings. The summed E-state index contributed by atoms with van der Waals surface area (Å²) in [7, 11) is 4.39. The highest BCUT2D eigenvalue weighted by atomic mass is 16.8. The molecule has 0 radical (unpaired) electrons. The lowest BCUT2D eigenvalue weighted by Crippen LogP contribution is -2.66. The van der Waals surface area contributed by atoms with Crippen LogP contribution in [0.5, 0.6) is 0 Å². The van der Waals surface area contributed by atoms with Crippen molar-refractivity contribution >= 4 is 23.5 Å². The molecule has 0 saturated carbocycles. The van der Waals surface area contributed by atoms with Crippen LogP contribution in [0.3, 0.4) is 0 Å². The number of ketones is 2. The molecule has 2 aromatic rings. The fraction of sp³-hybridized carbons (Fsp3) is 0.545. The SMILES string of the molecule is COC(=O)[C@@]12[C@@H]3O[C@@](OC)(c4onc(C)c4C3=O)[C@]1(C(=O)OC)[C@H]1O[C@]2(OC)c2onc(C)c2C1=O. The fourth-order valence-corrected chi connectivity index (χ4v) is 6.70. The summed E-state index contributed by atoms with van der Waals surface area (Å²) in [5.41, 5.74) is -5.03. The largest absolute Gasteiger partial charge is 0.468 e. The van der Waals surface area contributed by atoms with Crippen molar-refractivity contribution in [2.24, 2.45) is 10.8 Å². The minimum absolute atomic E-state index is 0.0835. The molecule has 4 bridgehead atoms. The van der Waals surface area contributed by atoms with Gasteiger partial charge in [0.05, 0.1) is 36.7 Å². The van der Waals surface area contributed by atoms with E-state index in [1.807, 2.05) is 0 Å². The molecule has 14 heteroatoms. The van der Waals surface area contributed by atoms with Gasteiger partial charge in [-0.3, -0.25) is 19.2 Å². The Kier molecular flexibility index (Phi) is 4.24. The van der Waals surface area contributed by atoms with Gasteiger partial charge in [-0.25, -0.2) is 0 Å². The van der Waals surface area contributed by atoms with Gasteiger partial charge in [-0.2, -0.15) is 0 Å². The predicted molar refractivity (Wildman–Crippen MR) is 107 cm³/mol. The average Bonchev–Trinajstić information content (AvgIpc) is 3.59. The van der Waals surface area contributed by atoms with Gasteiger partial charge in [0.2, 0.25) is 11.5 Å². The maximum Gasteiger partial charge on any atom is 0.322 e. The normalized spacial score (nSPS) is 37.4. The number of nitrogens with zero attached hydrogens (tertiary/aromatic N) is 2. The molecule has 14 nitrogen and oxygen atoms in total. The maximum absolute atomic E-state index is 14.1. The summed E-state index contributed by atoms with van der Waals surface area (Å²) in [6.45, 7) is 2.98. The van der Waals surface area contributed by atoms with E-state index in [4.69, 9.17) is 37.5 Å². The van der Waals surface area contributed by atoms with Crippen molar-refractivity contribution < 1.29 is 56.6 Å². The first-order valence-electron chi connectivity index (χ1n) is 10.8. The van der Waals surface area contributed by atoms with Gasteiger partial charge in [-0.05, 0) is 13.8 Å². The van der Waals surface area contributed by atoms with Crippen LogP contribution in [0.1, 0.15) is 43.6 Å². The van der Waals surface area contributed by atoms with E-state index in [0.717, 1.165) is 28.4 Å². The highest BCUT2D eigenvalue weighted by Gasteiger charge is 3.00. The van der Waals surface area contributed by atoms with Gasteiger partial charge in [-0.15, -0.1) is 0 Å². The molecule has 6 rings (SSSR count). The van der Waals surface area contributed by atoms with Crippen LogP contribution in [0.15, 0.2) is 9.05 Å². The van der Waals surface area contributed by atoms with Gasteiger partial charge in [0, 0.05) is 14.2 Å². The minimum atomic E-state index is -2.57. The smallest absolute Gasteiger partial charge is 0.322 e. The molecule has 0 aliphatic carbocycles. The average molecular weight is 504 g/mol. The number of hydrogen-bond donors (Lipinski definition) is 0. The van der Waals surface area contributed by atoms with Gasteiger partial charge in [0.15, 0.2) is 22.4 Å². The second-order valence-corrected chi connectivity index (χ2v) is 8.91. The van der Waals surface area contributed by atoms with Gasteiger partial charge in [-0.1, -0.05) is 10.3 Å². The highest BCUT2D eigenvalue weighted by Crippen LogP contribution is 2.79. The number of esters is 2. The number of hydrogen-bond acceptors (Lipinski definition) is 14. The molecule has 6 atom stereocenters. The molecule has 0 spiro atoms. The second kappa shape index (κ2) is 6.64. The third-order valence-corrected chi connectivity index (χ3v) is 7.90. The topological polar surface area (TPSA) is 176 Å². The van der Waals surface area contributed by atoms with E-state index in [2.05, 4.69) is 10.3 Å². The van der Waals surface area contributed by atoms with Crippen LogP contribution >= 0.6 is 0 Å². The van der Waals surface area contributed by atoms with Crippen LogP contribution in [0.25, 0.3) is 0 Å². The molecular weight excluding hydrogens is 484 g/mol. The first-order valence-corrected chi connectivity index (χ1v) is 10.8. The Hall–Kier alpha value is -3.46. The Labute approximate surface area is 202 Å². The number of rotatable bonds is 4. The molecule has 2 saturated heterocycles. The number of carbonyl (C=O) groups is 4. The van der Waals surface area contributed by atoms with Crippen molar-refractivity contribution in [2.75, 3.05) is 28.4 Å². The van der Waals surface area contributed by atoms with E-state index in [0.29, 0.717) is 0 Å². The molecule has 0 N–H and O–H groups in total. The molecule has 0 aromatic carbocycles. The molecule has 6 heterocycles. The number of ether oxygens (including phenoxy) is 6. The summed E-state index contributed by atoms with van der Waals surface area (Å²) in [6, 6.07) is 0. The zero-order chi connectivity index (χ0) is 26.0. The molecule has 0 unspecified atom stereocenters. The lowest BCUT2D eigenvalue weighted by atomic mass is 9.54. The zero-order valence-corrected chi connectivity index (χ0v) is 19.9. The highest BCUT2D eigenvalue weighted by molar-refractivity contribution is 6.14. The van der Waals surface area contributed by atoms with E-state index in [-0.39, 0.29) is 34.0 Å². The number of aryl methyl sites for hydroxylation is 2. The zero-order valence-electron chi connectivity index (χ0n) is 19.9. The number of carbonyl (C=O) groups excluding carboxylic acids is 4. The fourth-order valence-electron chi connectivity index (χ4n) is 6.70. The van der Waals surface area contributed by atoms with Gasteiger partial charge in [0.25, 0.3) is 11.6 Å². The lowest BCUT2D eigenvalue weighted by molar-refractivity contribution is -0.305. The quantitative estimate of drug-likeness (QED) is 0.512. The van der Waals surface area contributed by atoms with E-state index in [9.17, 15) is 19.2 Å². The summed E-state index contributed by atoms with van der Waals surface area (Å²) < 4.78 is 45.3. The standard InChI is InChI=1S/C22H20N2O12/c1-7-9-11(25)15-19(17(27)29-3)20(18(28)30-4,21(31-5,33-15)13(9)35-23-7)16-12(26)10-8(2)24-36-14(10)22(19,32-6)34-16/h15-16H,1-6H3/t15-,16+,19-,20-,21+,22-/m0/s1. The van der Waals surface area contributed by atoms with E-state index in [1.165, 1.54) is 13.8 Å². The number of fused-ring (bicyclic) bond motifs is 13. The van der Waals surface area contributed by atoms with Gasteiger partial charge >= 0.3 is 11.9 Å². The Morgan fingerprint density at radius 2 is 1.08 bits per heavy atom. The summed E-state index contributed by atoms with van der Waals surface area (Å²) in [6.07, 6.45) is -3.72. The number of Topliss-reactive ketones (excluding diaryl/α,β-unsaturated/α-hetero) is 2. The van der Waals surface area contributed by atoms with Crippen LogP contribution < -0.4 is 0 Å². The summed E-state index contributed by atoms with van der Waals surface area (Å²) >= 11 is 0. The Bertz CT molecular complexity index is 1290. The van der Waals surface area contributed by atoms with Crippen LogP contribution in [-0.2, 0) is 49.6 Å². The Morgan fingerprint density at radius 3 is 1.39 bits per heavy atom. The van der Waals surface area contributed by atoms with E-state index < -0.39 is 58.1 Å². The van der Waals surface area contributed by atoms with Crippen molar-refractivity contribution in [3.63, 3.8) is 0 Å². The van der Waals surface area contributed by atoms with Crippen LogP contribution in [0.2, 0.25) is 0 Å². The number of aromatic nitrogens is 2. The van der Waals surface area contributed by atoms with Crippen molar-refractivity contribution in [3.8, 4) is 0 Å². The summed E-state index contributed by atoms with van der Waals surface area (Å²) in [5, 5.41) is 7.71. The Balaban J connectivity index is 1.88. The van der Waals surface area contributed by atoms with Crippen LogP contribution in [-0.4, -0.2) is 74.5 Å². The maximum atomic E-state index is 14.1. The first kappa shape index (κ1) is 23.0. The minimum Gasteiger partial charge on any atom is -0.468 e. The van der Waals surface area contributed by atoms with Crippen molar-refractivity contribution in [2.45, 2.75) is 37.6 Å². The van der Waals surface area contributed by atoms with Gasteiger partial charge < -0.3 is 37.5 Å². The van der Waals surface area contributed by atoms with Crippen molar-refractivity contribution in [3.05, 3.63) is 34.0 Å². The molecular formula is C22H20N2O12. The Morgan fingerprint density at radius 1 is 0.722 bits per heavy atom. The van der Waals surface area contributed by atoms with E-state index >= 15 is 0 Å². The second-order valence-electron chi connectivity index (χ2n) is 8.91. The van der Waals surface area contributed by atoms with Crippen LogP contribution in [0.4, 0.5) is 0 Å². The molecule has 2 aromatic heterocycles. The van der Waals surface area contributed by atoms with E-state index in [1.54, 1.807) is 0 Å². The third-order valence-electron chi connectivity index (χ3n) is 7.90. The monoisotopic (exact) mass is 504 g/mol. The molecule has 190 valence electrons. The molecule has 4 aliphatic rings. The number of methoxy groups -OCH3 is 4. The molecule has 36 heavy (non-hydrogen) atoms. The summed E-state index contributed by atoms with van der Waals surface area (Å²) in [5.74, 6) is -9.44. The third kappa shape index (κ3) is 1.80. The van der Waals surface area contributed by atoms with Gasteiger partial charge in [0.1, 0.15) is 12.2 Å². The molecule has 0 amide bonds. The first-order chi connectivity index (χ1) is 17.1. The summed E-state index contributed by atoms with van der Waals surface area (Å²) in [4.78, 5) is 56.2. The van der Waals surface area contributed by atoms with Crippen molar-refractivity contribution in [1.82, 2.24) is 10.3 Å². The predicted octanol–water partition coefficient (Wildman–Crippen LogP) is 0.0870.